The van der Waals surface area contributed by atoms with Crippen LogP contribution in [-0.4, -0.2) is 9.72 Å². The number of hydrogen-bond donors (Lipinski definition) is 0. The minimum Gasteiger partial charge on any atom is -0.361 e. The Morgan fingerprint density at radius 1 is 1.29 bits per heavy atom. The van der Waals surface area contributed by atoms with Crippen molar-refractivity contribution in [3.8, 4) is 0 Å². The lowest BCUT2D eigenvalue weighted by atomic mass is 10.1. The van der Waals surface area contributed by atoms with Crippen molar-refractivity contribution in [3.05, 3.63) is 41.5 Å². The lowest BCUT2D eigenvalue weighted by Gasteiger charge is -2.12. The van der Waals surface area contributed by atoms with E-state index in [-0.39, 0.29) is 6.04 Å². The van der Waals surface area contributed by atoms with E-state index >= 15 is 0 Å². The van der Waals surface area contributed by atoms with Crippen LogP contribution in [0.2, 0.25) is 0 Å². The summed E-state index contributed by atoms with van der Waals surface area (Å²) in [5, 5.41) is 3.96. The zero-order valence-electron chi connectivity index (χ0n) is 8.69. The molecule has 0 saturated carbocycles. The molecular weight excluding hydrogens is 176 g/mol. The number of hydrogen-bond acceptors (Lipinski definition) is 2. The quantitative estimate of drug-likeness (QED) is 0.729. The average Bonchev–Trinajstić information content (AvgIpc) is 2.75. The molecule has 2 aromatic rings. The van der Waals surface area contributed by atoms with E-state index in [1.807, 2.05) is 26.0 Å². The van der Waals surface area contributed by atoms with Gasteiger partial charge in [0.05, 0.1) is 11.7 Å². The Balaban J connectivity index is 2.41. The maximum atomic E-state index is 5.15. The summed E-state index contributed by atoms with van der Waals surface area (Å²) in [4.78, 5) is 0. The van der Waals surface area contributed by atoms with Crippen LogP contribution < -0.4 is 0 Å². The Bertz CT molecular complexity index is 395. The maximum absolute atomic E-state index is 5.15. The van der Waals surface area contributed by atoms with Crippen molar-refractivity contribution in [2.24, 2.45) is 0 Å². The van der Waals surface area contributed by atoms with Crippen LogP contribution in [0.4, 0.5) is 0 Å². The molecule has 2 rings (SSSR count). The zero-order chi connectivity index (χ0) is 10.1. The van der Waals surface area contributed by atoms with Crippen LogP contribution in [-0.2, 0) is 0 Å². The van der Waals surface area contributed by atoms with Crippen LogP contribution in [0, 0.1) is 13.8 Å². The summed E-state index contributed by atoms with van der Waals surface area (Å²) in [5.41, 5.74) is 2.16. The second kappa shape index (κ2) is 3.33. The minimum absolute atomic E-state index is 0.288. The number of rotatable bonds is 2. The van der Waals surface area contributed by atoms with Gasteiger partial charge in [0.25, 0.3) is 0 Å². The van der Waals surface area contributed by atoms with E-state index in [0.717, 1.165) is 11.5 Å². The van der Waals surface area contributed by atoms with Gasteiger partial charge in [0.2, 0.25) is 0 Å². The van der Waals surface area contributed by atoms with E-state index < -0.39 is 0 Å². The number of aryl methyl sites for hydroxylation is 2. The van der Waals surface area contributed by atoms with Crippen molar-refractivity contribution >= 4 is 0 Å². The van der Waals surface area contributed by atoms with Gasteiger partial charge in [-0.25, -0.2) is 0 Å². The first-order chi connectivity index (χ1) is 6.70. The van der Waals surface area contributed by atoms with Gasteiger partial charge in [-0.05, 0) is 32.9 Å². The molecule has 2 aromatic heterocycles. The highest BCUT2D eigenvalue weighted by atomic mass is 16.5. The van der Waals surface area contributed by atoms with Crippen molar-refractivity contribution in [1.82, 2.24) is 9.72 Å². The molecule has 0 saturated heterocycles. The molecule has 0 aliphatic rings. The third-order valence-electron chi connectivity index (χ3n) is 2.58. The van der Waals surface area contributed by atoms with E-state index in [1.54, 1.807) is 0 Å². The van der Waals surface area contributed by atoms with E-state index in [9.17, 15) is 0 Å². The Kier molecular flexibility index (Phi) is 2.15. The molecule has 0 fully saturated rings. The van der Waals surface area contributed by atoms with Gasteiger partial charge in [0, 0.05) is 18.0 Å². The van der Waals surface area contributed by atoms with Crippen LogP contribution in [0.5, 0.6) is 0 Å². The molecule has 3 nitrogen and oxygen atoms in total. The summed E-state index contributed by atoms with van der Waals surface area (Å²) in [7, 11) is 0. The first-order valence-electron chi connectivity index (χ1n) is 4.75. The molecule has 0 aromatic carbocycles. The van der Waals surface area contributed by atoms with Crippen molar-refractivity contribution in [1.29, 1.82) is 0 Å². The predicted octanol–water partition coefficient (Wildman–Crippen LogP) is 2.70. The summed E-state index contributed by atoms with van der Waals surface area (Å²) in [5.74, 6) is 0.906. The summed E-state index contributed by atoms with van der Waals surface area (Å²) in [6.45, 7) is 6.08. The van der Waals surface area contributed by atoms with Gasteiger partial charge in [-0.3, -0.25) is 0 Å². The molecule has 0 N–H and O–H groups in total. The lowest BCUT2D eigenvalue weighted by Crippen LogP contribution is -2.05. The van der Waals surface area contributed by atoms with E-state index in [0.29, 0.717) is 0 Å². The Morgan fingerprint density at radius 3 is 2.43 bits per heavy atom. The maximum Gasteiger partial charge on any atom is 0.139 e. The fourth-order valence-corrected chi connectivity index (χ4v) is 1.84. The van der Waals surface area contributed by atoms with Crippen LogP contribution >= 0.6 is 0 Å². The van der Waals surface area contributed by atoms with E-state index in [1.165, 1.54) is 5.56 Å². The predicted molar refractivity (Wildman–Crippen MR) is 54.2 cm³/mol. The van der Waals surface area contributed by atoms with Gasteiger partial charge in [-0.15, -0.1) is 0 Å². The highest BCUT2D eigenvalue weighted by Crippen LogP contribution is 2.24. The van der Waals surface area contributed by atoms with E-state index in [2.05, 4.69) is 29.0 Å². The summed E-state index contributed by atoms with van der Waals surface area (Å²) in [6.07, 6.45) is 4.10. The third kappa shape index (κ3) is 1.35. The topological polar surface area (TPSA) is 31.0 Å². The first kappa shape index (κ1) is 9.06. The summed E-state index contributed by atoms with van der Waals surface area (Å²) in [6, 6.07) is 4.33. The van der Waals surface area contributed by atoms with Gasteiger partial charge in [-0.1, -0.05) is 5.16 Å². The molecule has 0 radical (unpaired) electrons. The molecule has 2 heterocycles. The largest absolute Gasteiger partial charge is 0.361 e. The third-order valence-corrected chi connectivity index (χ3v) is 2.58. The van der Waals surface area contributed by atoms with Crippen molar-refractivity contribution in [2.75, 3.05) is 0 Å². The van der Waals surface area contributed by atoms with Crippen LogP contribution in [0.15, 0.2) is 29.0 Å². The molecule has 0 aliphatic carbocycles. The number of aromatic nitrogens is 2. The van der Waals surface area contributed by atoms with Crippen LogP contribution in [0.1, 0.15) is 30.0 Å². The molecule has 1 unspecified atom stereocenters. The molecule has 0 bridgehead atoms. The van der Waals surface area contributed by atoms with Gasteiger partial charge < -0.3 is 9.09 Å². The molecule has 74 valence electrons. The molecular formula is C11H14N2O. The SMILES string of the molecule is Cc1noc(C)c1C(C)n1cccc1. The molecule has 0 aliphatic heterocycles. The smallest absolute Gasteiger partial charge is 0.139 e. The fraction of sp³-hybridized carbons (Fsp3) is 0.364. The summed E-state index contributed by atoms with van der Waals surface area (Å²) >= 11 is 0. The second-order valence-electron chi connectivity index (χ2n) is 3.54. The average molecular weight is 190 g/mol. The van der Waals surface area contributed by atoms with Crippen molar-refractivity contribution in [3.63, 3.8) is 0 Å². The van der Waals surface area contributed by atoms with E-state index in [4.69, 9.17) is 4.52 Å². The minimum atomic E-state index is 0.288. The molecule has 1 atom stereocenters. The first-order valence-corrected chi connectivity index (χ1v) is 4.75. The van der Waals surface area contributed by atoms with Crippen LogP contribution in [0.25, 0.3) is 0 Å². The summed E-state index contributed by atoms with van der Waals surface area (Å²) < 4.78 is 7.30. The standard InChI is InChI=1S/C11H14N2O/c1-8-11(10(3)14-12-8)9(2)13-6-4-5-7-13/h4-7,9H,1-3H3. The fourth-order valence-electron chi connectivity index (χ4n) is 1.84. The highest BCUT2D eigenvalue weighted by molar-refractivity contribution is 5.25. The van der Waals surface area contributed by atoms with Gasteiger partial charge in [-0.2, -0.15) is 0 Å². The molecule has 0 amide bonds. The Morgan fingerprint density at radius 2 is 1.93 bits per heavy atom. The van der Waals surface area contributed by atoms with Gasteiger partial charge >= 0.3 is 0 Å². The van der Waals surface area contributed by atoms with Gasteiger partial charge in [0.1, 0.15) is 5.76 Å². The van der Waals surface area contributed by atoms with Crippen molar-refractivity contribution < 1.29 is 4.52 Å². The van der Waals surface area contributed by atoms with Crippen molar-refractivity contribution in [2.45, 2.75) is 26.8 Å². The zero-order valence-corrected chi connectivity index (χ0v) is 8.69. The highest BCUT2D eigenvalue weighted by Gasteiger charge is 2.16. The Hall–Kier alpha value is -1.51. The lowest BCUT2D eigenvalue weighted by molar-refractivity contribution is 0.391. The number of nitrogens with zero attached hydrogens (tertiary/aromatic N) is 2. The van der Waals surface area contributed by atoms with Gasteiger partial charge in [0.15, 0.2) is 0 Å². The normalized spacial score (nSPS) is 13.1. The van der Waals surface area contributed by atoms with Crippen LogP contribution in [0.3, 0.4) is 0 Å². The molecule has 3 heteroatoms. The monoisotopic (exact) mass is 190 g/mol. The molecule has 14 heavy (non-hydrogen) atoms. The molecule has 0 spiro atoms. The Labute approximate surface area is 83.3 Å². The second-order valence-corrected chi connectivity index (χ2v) is 3.54.